The molecule has 0 saturated heterocycles. The highest BCUT2D eigenvalue weighted by Gasteiger charge is 2.22. The topological polar surface area (TPSA) is 61.4 Å². The van der Waals surface area contributed by atoms with E-state index in [1.54, 1.807) is 36.1 Å². The number of amides is 2. The summed E-state index contributed by atoms with van der Waals surface area (Å²) in [6.45, 7) is 2.17. The van der Waals surface area contributed by atoms with E-state index >= 15 is 0 Å². The predicted octanol–water partition coefficient (Wildman–Crippen LogP) is 2.79. The lowest BCUT2D eigenvalue weighted by atomic mass is 10.1. The Kier molecular flexibility index (Phi) is 4.46. The van der Waals surface area contributed by atoms with Gasteiger partial charge in [-0.25, -0.2) is 4.39 Å². The lowest BCUT2D eigenvalue weighted by molar-refractivity contribution is -0.116. The van der Waals surface area contributed by atoms with Gasteiger partial charge in [0.05, 0.1) is 12.2 Å². The Labute approximate surface area is 139 Å². The van der Waals surface area contributed by atoms with Gasteiger partial charge in [-0.2, -0.15) is 0 Å². The molecule has 0 unspecified atom stereocenters. The number of para-hydroxylation sites is 1. The van der Waals surface area contributed by atoms with Gasteiger partial charge in [-0.1, -0.05) is 12.1 Å². The van der Waals surface area contributed by atoms with Crippen molar-refractivity contribution >= 4 is 28.9 Å². The van der Waals surface area contributed by atoms with Gasteiger partial charge < -0.3 is 15.5 Å². The molecule has 0 fully saturated rings. The minimum absolute atomic E-state index is 0.0135. The number of rotatable bonds is 4. The molecule has 3 rings (SSSR count). The Bertz CT molecular complexity index is 792. The average molecular weight is 327 g/mol. The molecule has 0 radical (unpaired) electrons. The maximum atomic E-state index is 13.5. The second-order valence-corrected chi connectivity index (χ2v) is 5.65. The van der Waals surface area contributed by atoms with Crippen molar-refractivity contribution in [3.8, 4) is 0 Å². The number of carbonyl (C=O) groups is 2. The largest absolute Gasteiger partial charge is 0.374 e. The third-order valence-corrected chi connectivity index (χ3v) is 3.95. The molecule has 6 heteroatoms. The van der Waals surface area contributed by atoms with E-state index in [1.165, 1.54) is 6.07 Å². The molecule has 2 amide bonds. The van der Waals surface area contributed by atoms with Crippen molar-refractivity contribution in [3.63, 3.8) is 0 Å². The normalized spacial score (nSPS) is 12.7. The predicted molar refractivity (Wildman–Crippen MR) is 91.7 cm³/mol. The second kappa shape index (κ2) is 6.70. The third-order valence-electron chi connectivity index (χ3n) is 3.95. The fourth-order valence-corrected chi connectivity index (χ4v) is 2.79. The van der Waals surface area contributed by atoms with Gasteiger partial charge in [-0.15, -0.1) is 0 Å². The van der Waals surface area contributed by atoms with Crippen LogP contribution in [0.4, 0.5) is 21.5 Å². The maximum Gasteiger partial charge on any atom is 0.243 e. The van der Waals surface area contributed by atoms with Crippen molar-refractivity contribution in [2.75, 3.05) is 28.6 Å². The Morgan fingerprint density at radius 1 is 1.21 bits per heavy atom. The SMILES string of the molecule is CC(=O)N1CCc2cc(NC(=O)CNc3ccccc3F)ccc21. The molecule has 2 aromatic carbocycles. The summed E-state index contributed by atoms with van der Waals surface area (Å²) in [6.07, 6.45) is 0.770. The van der Waals surface area contributed by atoms with Crippen molar-refractivity contribution in [2.24, 2.45) is 0 Å². The second-order valence-electron chi connectivity index (χ2n) is 5.65. The summed E-state index contributed by atoms with van der Waals surface area (Å²) in [5.41, 5.74) is 2.88. The van der Waals surface area contributed by atoms with Crippen LogP contribution in [-0.2, 0) is 16.0 Å². The third kappa shape index (κ3) is 3.37. The summed E-state index contributed by atoms with van der Waals surface area (Å²) in [7, 11) is 0. The van der Waals surface area contributed by atoms with E-state index in [-0.39, 0.29) is 18.4 Å². The van der Waals surface area contributed by atoms with Crippen LogP contribution in [0.3, 0.4) is 0 Å². The van der Waals surface area contributed by atoms with Crippen molar-refractivity contribution in [1.29, 1.82) is 0 Å². The van der Waals surface area contributed by atoms with Crippen LogP contribution in [0.25, 0.3) is 0 Å². The van der Waals surface area contributed by atoms with E-state index in [0.717, 1.165) is 17.7 Å². The number of anilines is 3. The van der Waals surface area contributed by atoms with Gasteiger partial charge in [0.2, 0.25) is 11.8 Å². The first-order chi connectivity index (χ1) is 11.5. The van der Waals surface area contributed by atoms with Crippen LogP contribution < -0.4 is 15.5 Å². The van der Waals surface area contributed by atoms with Crippen LogP contribution in [0, 0.1) is 5.82 Å². The van der Waals surface area contributed by atoms with E-state index < -0.39 is 5.82 Å². The zero-order valence-electron chi connectivity index (χ0n) is 13.3. The van der Waals surface area contributed by atoms with Crippen molar-refractivity contribution in [1.82, 2.24) is 0 Å². The summed E-state index contributed by atoms with van der Waals surface area (Å²) in [5, 5.41) is 5.55. The number of nitrogens with zero attached hydrogens (tertiary/aromatic N) is 1. The first kappa shape index (κ1) is 16.0. The Hall–Kier alpha value is -2.89. The van der Waals surface area contributed by atoms with Crippen LogP contribution in [-0.4, -0.2) is 24.9 Å². The highest BCUT2D eigenvalue weighted by Crippen LogP contribution is 2.30. The molecule has 2 aromatic rings. The zero-order valence-corrected chi connectivity index (χ0v) is 13.3. The van der Waals surface area contributed by atoms with Gasteiger partial charge in [0.15, 0.2) is 0 Å². The van der Waals surface area contributed by atoms with Crippen LogP contribution in [0.5, 0.6) is 0 Å². The van der Waals surface area contributed by atoms with E-state index in [9.17, 15) is 14.0 Å². The molecule has 0 spiro atoms. The van der Waals surface area contributed by atoms with Gasteiger partial charge in [-0.3, -0.25) is 9.59 Å². The number of halogens is 1. The highest BCUT2D eigenvalue weighted by atomic mass is 19.1. The molecular weight excluding hydrogens is 309 g/mol. The van der Waals surface area contributed by atoms with Gasteiger partial charge >= 0.3 is 0 Å². The number of fused-ring (bicyclic) bond motifs is 1. The number of benzene rings is 2. The molecule has 0 aromatic heterocycles. The number of hydrogen-bond acceptors (Lipinski definition) is 3. The van der Waals surface area contributed by atoms with Gasteiger partial charge in [-0.05, 0) is 42.3 Å². The van der Waals surface area contributed by atoms with Crippen molar-refractivity contribution in [3.05, 3.63) is 53.8 Å². The molecule has 0 aliphatic carbocycles. The summed E-state index contributed by atoms with van der Waals surface area (Å²) >= 11 is 0. The first-order valence-corrected chi connectivity index (χ1v) is 7.74. The molecule has 0 atom stereocenters. The van der Waals surface area contributed by atoms with Gasteiger partial charge in [0.25, 0.3) is 0 Å². The van der Waals surface area contributed by atoms with Crippen LogP contribution in [0.2, 0.25) is 0 Å². The quantitative estimate of drug-likeness (QED) is 0.908. The van der Waals surface area contributed by atoms with E-state index in [1.807, 2.05) is 12.1 Å². The average Bonchev–Trinajstić information content (AvgIpc) is 2.97. The molecule has 0 saturated carbocycles. The van der Waals surface area contributed by atoms with Crippen molar-refractivity contribution < 1.29 is 14.0 Å². The first-order valence-electron chi connectivity index (χ1n) is 7.74. The molecule has 2 N–H and O–H groups in total. The number of nitrogens with one attached hydrogen (secondary N) is 2. The van der Waals surface area contributed by atoms with Gasteiger partial charge in [0.1, 0.15) is 5.82 Å². The van der Waals surface area contributed by atoms with Gasteiger partial charge in [0, 0.05) is 24.8 Å². The molecule has 1 aliphatic heterocycles. The summed E-state index contributed by atoms with van der Waals surface area (Å²) < 4.78 is 13.5. The fourth-order valence-electron chi connectivity index (χ4n) is 2.79. The lowest BCUT2D eigenvalue weighted by Crippen LogP contribution is -2.25. The summed E-state index contributed by atoms with van der Waals surface area (Å²) in [6, 6.07) is 11.7. The minimum atomic E-state index is -0.396. The highest BCUT2D eigenvalue weighted by molar-refractivity contribution is 5.96. The standard InChI is InChI=1S/C18H18FN3O2/c1-12(23)22-9-8-13-10-14(6-7-17(13)22)21-18(24)11-20-16-5-3-2-4-15(16)19/h2-7,10,20H,8-9,11H2,1H3,(H,21,24). The van der Waals surface area contributed by atoms with Crippen LogP contribution in [0.15, 0.2) is 42.5 Å². The lowest BCUT2D eigenvalue weighted by Gasteiger charge is -2.15. The molecule has 1 aliphatic rings. The maximum absolute atomic E-state index is 13.5. The van der Waals surface area contributed by atoms with E-state index in [4.69, 9.17) is 0 Å². The Morgan fingerprint density at radius 3 is 2.75 bits per heavy atom. The number of hydrogen-bond donors (Lipinski definition) is 2. The van der Waals surface area contributed by atoms with E-state index in [0.29, 0.717) is 17.9 Å². The Morgan fingerprint density at radius 2 is 2.00 bits per heavy atom. The molecule has 24 heavy (non-hydrogen) atoms. The molecular formula is C18H18FN3O2. The molecule has 5 nitrogen and oxygen atoms in total. The van der Waals surface area contributed by atoms with Crippen molar-refractivity contribution in [2.45, 2.75) is 13.3 Å². The minimum Gasteiger partial charge on any atom is -0.374 e. The molecule has 1 heterocycles. The Balaban J connectivity index is 1.61. The zero-order chi connectivity index (χ0) is 17.1. The van der Waals surface area contributed by atoms with Crippen LogP contribution in [0.1, 0.15) is 12.5 Å². The monoisotopic (exact) mass is 327 g/mol. The van der Waals surface area contributed by atoms with Crippen LogP contribution >= 0.6 is 0 Å². The summed E-state index contributed by atoms with van der Waals surface area (Å²) in [5.74, 6) is -0.647. The fraction of sp³-hybridized carbons (Fsp3) is 0.222. The summed E-state index contributed by atoms with van der Waals surface area (Å²) in [4.78, 5) is 25.3. The smallest absolute Gasteiger partial charge is 0.243 e. The van der Waals surface area contributed by atoms with E-state index in [2.05, 4.69) is 10.6 Å². The molecule has 0 bridgehead atoms. The molecule has 124 valence electrons. The number of carbonyl (C=O) groups excluding carboxylic acids is 2.